The van der Waals surface area contributed by atoms with Gasteiger partial charge in [0.15, 0.2) is 11.6 Å². The number of nitrogens with zero attached hydrogens (tertiary/aromatic N) is 1. The zero-order chi connectivity index (χ0) is 18.4. The molecule has 26 heavy (non-hydrogen) atoms. The summed E-state index contributed by atoms with van der Waals surface area (Å²) in [5.41, 5.74) is 1.14. The highest BCUT2D eigenvalue weighted by Crippen LogP contribution is 2.30. The number of carbonyl (C=O) groups is 1. The first-order chi connectivity index (χ1) is 12.7. The molecule has 1 aliphatic heterocycles. The smallest absolute Gasteiger partial charge is 0.259 e. The Kier molecular flexibility index (Phi) is 6.49. The summed E-state index contributed by atoms with van der Waals surface area (Å²) in [6.45, 7) is 2.77. The van der Waals surface area contributed by atoms with Crippen LogP contribution in [0.4, 0.5) is 5.82 Å². The molecule has 7 nitrogen and oxygen atoms in total. The second-order valence-corrected chi connectivity index (χ2v) is 6.61. The van der Waals surface area contributed by atoms with Gasteiger partial charge < -0.3 is 25.2 Å². The Morgan fingerprint density at radius 1 is 1.42 bits per heavy atom. The molecule has 2 aromatic rings. The molecule has 0 bridgehead atoms. The molecule has 1 aromatic carbocycles. The van der Waals surface area contributed by atoms with Gasteiger partial charge in [0.05, 0.1) is 6.61 Å². The molecule has 8 heteroatoms. The zero-order valence-electron chi connectivity index (χ0n) is 14.7. The van der Waals surface area contributed by atoms with E-state index in [1.165, 1.54) is 0 Å². The molecule has 0 saturated carbocycles. The van der Waals surface area contributed by atoms with E-state index >= 15 is 0 Å². The van der Waals surface area contributed by atoms with Crippen LogP contribution < -0.4 is 16.0 Å². The Morgan fingerprint density at radius 3 is 2.92 bits per heavy atom. The van der Waals surface area contributed by atoms with Crippen LogP contribution in [0.1, 0.15) is 23.2 Å². The first-order valence-electron chi connectivity index (χ1n) is 8.69. The van der Waals surface area contributed by atoms with Crippen molar-refractivity contribution in [3.05, 3.63) is 34.9 Å². The predicted molar refractivity (Wildman–Crippen MR) is 101 cm³/mol. The van der Waals surface area contributed by atoms with Gasteiger partial charge in [0.25, 0.3) is 5.91 Å². The summed E-state index contributed by atoms with van der Waals surface area (Å²) in [4.78, 5) is 13.0. The molecule has 0 aliphatic carbocycles. The quantitative estimate of drug-likeness (QED) is 0.642. The first-order valence-corrected chi connectivity index (χ1v) is 9.07. The molecule has 2 heterocycles. The highest BCUT2D eigenvalue weighted by atomic mass is 35.5. The molecular weight excluding hydrogens is 356 g/mol. The minimum atomic E-state index is -0.204. The minimum absolute atomic E-state index is 0.0936. The fourth-order valence-corrected chi connectivity index (χ4v) is 3.05. The number of amides is 1. The van der Waals surface area contributed by atoms with Gasteiger partial charge >= 0.3 is 0 Å². The maximum atomic E-state index is 13.0. The van der Waals surface area contributed by atoms with Crippen LogP contribution in [-0.2, 0) is 4.74 Å². The van der Waals surface area contributed by atoms with E-state index in [-0.39, 0.29) is 11.9 Å². The van der Waals surface area contributed by atoms with Crippen molar-refractivity contribution in [2.45, 2.75) is 18.9 Å². The van der Waals surface area contributed by atoms with E-state index in [4.69, 9.17) is 20.9 Å². The summed E-state index contributed by atoms with van der Waals surface area (Å²) < 4.78 is 10.5. The van der Waals surface area contributed by atoms with Crippen molar-refractivity contribution in [3.63, 3.8) is 0 Å². The van der Waals surface area contributed by atoms with Gasteiger partial charge in [-0.3, -0.25) is 4.79 Å². The fourth-order valence-electron chi connectivity index (χ4n) is 2.92. The first kappa shape index (κ1) is 18.7. The van der Waals surface area contributed by atoms with Crippen LogP contribution in [0.25, 0.3) is 11.3 Å². The number of aromatic nitrogens is 1. The summed E-state index contributed by atoms with van der Waals surface area (Å²) >= 11 is 5.96. The van der Waals surface area contributed by atoms with E-state index in [1.54, 1.807) is 31.4 Å². The number of ether oxygens (including phenoxy) is 1. The second kappa shape index (κ2) is 9.02. The normalized spacial score (nSPS) is 17.1. The van der Waals surface area contributed by atoms with Crippen molar-refractivity contribution in [1.29, 1.82) is 0 Å². The molecule has 0 unspecified atom stereocenters. The average Bonchev–Trinajstić information content (AvgIpc) is 3.07. The predicted octanol–water partition coefficient (Wildman–Crippen LogP) is 2.54. The summed E-state index contributed by atoms with van der Waals surface area (Å²) in [7, 11) is 1.62. The largest absolute Gasteiger partial charge is 0.383 e. The van der Waals surface area contributed by atoms with Crippen molar-refractivity contribution >= 4 is 23.3 Å². The van der Waals surface area contributed by atoms with Crippen LogP contribution in [0.3, 0.4) is 0 Å². The molecule has 0 spiro atoms. The van der Waals surface area contributed by atoms with Gasteiger partial charge in [-0.1, -0.05) is 16.8 Å². The van der Waals surface area contributed by atoms with Crippen LogP contribution in [0, 0.1) is 0 Å². The van der Waals surface area contributed by atoms with Gasteiger partial charge in [0.1, 0.15) is 5.56 Å². The number of nitrogens with one attached hydrogen (secondary N) is 3. The Balaban J connectivity index is 1.86. The van der Waals surface area contributed by atoms with Crippen LogP contribution in [0.5, 0.6) is 0 Å². The van der Waals surface area contributed by atoms with Gasteiger partial charge in [-0.25, -0.2) is 0 Å². The highest BCUT2D eigenvalue weighted by molar-refractivity contribution is 6.30. The van der Waals surface area contributed by atoms with Gasteiger partial charge in [-0.15, -0.1) is 0 Å². The standard InChI is InChI=1S/C18H23ClN4O3/c1-25-10-9-21-17-15(18(24)22-14-3-2-8-20-11-14)16(26-23-17)12-4-6-13(19)7-5-12/h4-7,14,20H,2-3,8-11H2,1H3,(H,21,23)(H,22,24)/t14-/m0/s1. The maximum absolute atomic E-state index is 13.0. The van der Waals surface area contributed by atoms with Crippen LogP contribution >= 0.6 is 11.6 Å². The van der Waals surface area contributed by atoms with Gasteiger partial charge in [-0.2, -0.15) is 0 Å². The van der Waals surface area contributed by atoms with Gasteiger partial charge in [-0.05, 0) is 43.7 Å². The number of benzene rings is 1. The Labute approximate surface area is 157 Å². The van der Waals surface area contributed by atoms with Crippen LogP contribution in [0.2, 0.25) is 5.02 Å². The molecule has 140 valence electrons. The van der Waals surface area contributed by atoms with Crippen molar-refractivity contribution in [2.75, 3.05) is 38.7 Å². The monoisotopic (exact) mass is 378 g/mol. The third-order valence-corrected chi connectivity index (χ3v) is 4.51. The van der Waals surface area contributed by atoms with E-state index in [1.807, 2.05) is 0 Å². The third kappa shape index (κ3) is 4.55. The number of hydrogen-bond donors (Lipinski definition) is 3. The Bertz CT molecular complexity index is 727. The third-order valence-electron chi connectivity index (χ3n) is 4.26. The molecule has 1 atom stereocenters. The van der Waals surface area contributed by atoms with Gasteiger partial charge in [0, 0.05) is 36.8 Å². The number of rotatable bonds is 7. The lowest BCUT2D eigenvalue weighted by Gasteiger charge is -2.23. The lowest BCUT2D eigenvalue weighted by Crippen LogP contribution is -2.45. The topological polar surface area (TPSA) is 88.4 Å². The molecule has 0 radical (unpaired) electrons. The molecule has 1 amide bonds. The van der Waals surface area contributed by atoms with Crippen molar-refractivity contribution in [1.82, 2.24) is 15.8 Å². The number of piperidine rings is 1. The molecule has 1 aliphatic rings. The molecule has 1 saturated heterocycles. The molecule has 1 aromatic heterocycles. The van der Waals surface area contributed by atoms with E-state index in [0.29, 0.717) is 35.3 Å². The van der Waals surface area contributed by atoms with E-state index < -0.39 is 0 Å². The number of anilines is 1. The molecule has 1 fully saturated rings. The number of methoxy groups -OCH3 is 1. The van der Waals surface area contributed by atoms with Crippen LogP contribution in [0.15, 0.2) is 28.8 Å². The van der Waals surface area contributed by atoms with Crippen molar-refractivity contribution in [3.8, 4) is 11.3 Å². The summed E-state index contributed by atoms with van der Waals surface area (Å²) in [5.74, 6) is 0.626. The van der Waals surface area contributed by atoms with Crippen molar-refractivity contribution < 1.29 is 14.1 Å². The molecule has 3 N–H and O–H groups in total. The maximum Gasteiger partial charge on any atom is 0.259 e. The Morgan fingerprint density at radius 2 is 2.23 bits per heavy atom. The second-order valence-electron chi connectivity index (χ2n) is 6.18. The lowest BCUT2D eigenvalue weighted by atomic mass is 10.0. The fraction of sp³-hybridized carbons (Fsp3) is 0.444. The van der Waals surface area contributed by atoms with E-state index in [0.717, 1.165) is 31.5 Å². The molecular formula is C18H23ClN4O3. The van der Waals surface area contributed by atoms with Gasteiger partial charge in [0.2, 0.25) is 0 Å². The number of halogens is 1. The van der Waals surface area contributed by atoms with E-state index in [2.05, 4.69) is 21.1 Å². The van der Waals surface area contributed by atoms with Crippen LogP contribution in [-0.4, -0.2) is 50.5 Å². The van der Waals surface area contributed by atoms with E-state index in [9.17, 15) is 4.79 Å². The highest BCUT2D eigenvalue weighted by Gasteiger charge is 2.26. The number of hydrogen-bond acceptors (Lipinski definition) is 6. The average molecular weight is 379 g/mol. The number of carbonyl (C=O) groups excluding carboxylic acids is 1. The SMILES string of the molecule is COCCNc1noc(-c2ccc(Cl)cc2)c1C(=O)N[C@H]1CCCNC1. The summed E-state index contributed by atoms with van der Waals surface area (Å²) in [6, 6.07) is 7.21. The summed E-state index contributed by atoms with van der Waals surface area (Å²) in [6.07, 6.45) is 1.99. The zero-order valence-corrected chi connectivity index (χ0v) is 15.4. The summed E-state index contributed by atoms with van der Waals surface area (Å²) in [5, 5.41) is 14.1. The van der Waals surface area contributed by atoms with Crippen molar-refractivity contribution in [2.24, 2.45) is 0 Å². The minimum Gasteiger partial charge on any atom is -0.383 e. The molecule has 3 rings (SSSR count). The lowest BCUT2D eigenvalue weighted by molar-refractivity contribution is 0.0931. The Hall–Kier alpha value is -2.09.